The van der Waals surface area contributed by atoms with Crippen LogP contribution >= 0.6 is 0 Å². The fraction of sp³-hybridized carbons (Fsp3) is 0.438. The van der Waals surface area contributed by atoms with Gasteiger partial charge in [-0.15, -0.1) is 0 Å². The number of imidazole rings is 1. The first kappa shape index (κ1) is 13.2. The van der Waals surface area contributed by atoms with Gasteiger partial charge in [0.1, 0.15) is 0 Å². The largest absolute Gasteiger partial charge is 0.383 e. The van der Waals surface area contributed by atoms with Crippen LogP contribution in [0.25, 0.3) is 0 Å². The second-order valence-corrected chi connectivity index (χ2v) is 5.23. The van der Waals surface area contributed by atoms with Crippen LogP contribution in [0.1, 0.15) is 30.0 Å². The zero-order chi connectivity index (χ0) is 13.8. The summed E-state index contributed by atoms with van der Waals surface area (Å²) in [7, 11) is 1.72. The van der Waals surface area contributed by atoms with Gasteiger partial charge in [0.25, 0.3) is 0 Å². The van der Waals surface area contributed by atoms with E-state index in [1.54, 1.807) is 7.11 Å². The molecule has 0 bridgehead atoms. The SMILES string of the molecule is COCCn1ccnc1NC1CCCc2ccccc21. The summed E-state index contributed by atoms with van der Waals surface area (Å²) < 4.78 is 7.25. The molecule has 1 unspecified atom stereocenters. The number of hydrogen-bond donors (Lipinski definition) is 1. The third-order valence-corrected chi connectivity index (χ3v) is 3.92. The lowest BCUT2D eigenvalue weighted by Crippen LogP contribution is -2.20. The molecule has 1 aliphatic carbocycles. The molecule has 0 saturated heterocycles. The van der Waals surface area contributed by atoms with Gasteiger partial charge < -0.3 is 14.6 Å². The maximum absolute atomic E-state index is 5.14. The Bertz CT molecular complexity index is 564. The average Bonchev–Trinajstić information content (AvgIpc) is 2.93. The van der Waals surface area contributed by atoms with E-state index in [4.69, 9.17) is 4.74 Å². The van der Waals surface area contributed by atoms with Crippen molar-refractivity contribution in [1.82, 2.24) is 9.55 Å². The number of methoxy groups -OCH3 is 1. The van der Waals surface area contributed by atoms with Gasteiger partial charge >= 0.3 is 0 Å². The smallest absolute Gasteiger partial charge is 0.203 e. The van der Waals surface area contributed by atoms with E-state index in [-0.39, 0.29) is 0 Å². The molecule has 1 heterocycles. The van der Waals surface area contributed by atoms with Crippen LogP contribution in [-0.2, 0) is 17.7 Å². The van der Waals surface area contributed by atoms with Crippen molar-refractivity contribution in [2.75, 3.05) is 19.0 Å². The zero-order valence-electron chi connectivity index (χ0n) is 11.9. The summed E-state index contributed by atoms with van der Waals surface area (Å²) in [4.78, 5) is 4.43. The fourth-order valence-electron chi connectivity index (χ4n) is 2.88. The molecule has 1 N–H and O–H groups in total. The molecule has 1 aromatic carbocycles. The van der Waals surface area contributed by atoms with Gasteiger partial charge in [0.2, 0.25) is 5.95 Å². The summed E-state index contributed by atoms with van der Waals surface area (Å²) in [5, 5.41) is 3.59. The molecule has 0 aliphatic heterocycles. The summed E-state index contributed by atoms with van der Waals surface area (Å²) in [6, 6.07) is 9.08. The Morgan fingerprint density at radius 3 is 3.20 bits per heavy atom. The topological polar surface area (TPSA) is 39.1 Å². The van der Waals surface area contributed by atoms with E-state index in [0.29, 0.717) is 12.6 Å². The Kier molecular flexibility index (Phi) is 4.02. The van der Waals surface area contributed by atoms with Crippen molar-refractivity contribution < 1.29 is 4.74 Å². The molecule has 0 fully saturated rings. The van der Waals surface area contributed by atoms with Crippen molar-refractivity contribution in [2.45, 2.75) is 31.8 Å². The first-order valence-electron chi connectivity index (χ1n) is 7.23. The molecule has 0 amide bonds. The van der Waals surface area contributed by atoms with Gasteiger partial charge in [-0.3, -0.25) is 0 Å². The molecule has 1 aliphatic rings. The van der Waals surface area contributed by atoms with Crippen LogP contribution < -0.4 is 5.32 Å². The molecular formula is C16H21N3O. The van der Waals surface area contributed by atoms with Crippen molar-refractivity contribution >= 4 is 5.95 Å². The molecule has 2 aromatic rings. The van der Waals surface area contributed by atoms with E-state index < -0.39 is 0 Å². The standard InChI is InChI=1S/C16H21N3O/c1-20-12-11-19-10-9-17-16(19)18-15-8-4-6-13-5-2-3-7-14(13)15/h2-3,5,7,9-10,15H,4,6,8,11-12H2,1H3,(H,17,18). The number of anilines is 1. The van der Waals surface area contributed by atoms with E-state index in [1.807, 2.05) is 12.4 Å². The van der Waals surface area contributed by atoms with Crippen molar-refractivity contribution in [1.29, 1.82) is 0 Å². The second-order valence-electron chi connectivity index (χ2n) is 5.23. The van der Waals surface area contributed by atoms with Crippen LogP contribution in [0.2, 0.25) is 0 Å². The zero-order valence-corrected chi connectivity index (χ0v) is 11.9. The lowest BCUT2D eigenvalue weighted by molar-refractivity contribution is 0.187. The monoisotopic (exact) mass is 271 g/mol. The van der Waals surface area contributed by atoms with E-state index in [9.17, 15) is 0 Å². The van der Waals surface area contributed by atoms with Crippen molar-refractivity contribution in [3.05, 3.63) is 47.8 Å². The van der Waals surface area contributed by atoms with Gasteiger partial charge in [0, 0.05) is 26.0 Å². The van der Waals surface area contributed by atoms with Gasteiger partial charge in [-0.25, -0.2) is 4.98 Å². The number of benzene rings is 1. The summed E-state index contributed by atoms with van der Waals surface area (Å²) in [6.07, 6.45) is 7.41. The van der Waals surface area contributed by atoms with Gasteiger partial charge in [-0.05, 0) is 30.4 Å². The highest BCUT2D eigenvalue weighted by molar-refractivity contribution is 5.39. The number of fused-ring (bicyclic) bond motifs is 1. The maximum atomic E-state index is 5.14. The van der Waals surface area contributed by atoms with Crippen LogP contribution in [0.4, 0.5) is 5.95 Å². The van der Waals surface area contributed by atoms with Crippen LogP contribution in [0.15, 0.2) is 36.7 Å². The highest BCUT2D eigenvalue weighted by atomic mass is 16.5. The third kappa shape index (κ3) is 2.70. The van der Waals surface area contributed by atoms with E-state index >= 15 is 0 Å². The molecule has 3 rings (SSSR count). The normalized spacial score (nSPS) is 17.8. The summed E-state index contributed by atoms with van der Waals surface area (Å²) in [5.74, 6) is 0.934. The van der Waals surface area contributed by atoms with E-state index in [0.717, 1.165) is 18.9 Å². The minimum Gasteiger partial charge on any atom is -0.383 e. The molecule has 20 heavy (non-hydrogen) atoms. The molecule has 0 spiro atoms. The number of aryl methyl sites for hydroxylation is 1. The summed E-state index contributed by atoms with van der Waals surface area (Å²) >= 11 is 0. The number of aromatic nitrogens is 2. The Hall–Kier alpha value is -1.81. The predicted octanol–water partition coefficient (Wildman–Crippen LogP) is 3.02. The number of rotatable bonds is 5. The highest BCUT2D eigenvalue weighted by Crippen LogP contribution is 2.31. The Balaban J connectivity index is 1.77. The molecule has 0 saturated carbocycles. The van der Waals surface area contributed by atoms with Gasteiger partial charge in [0.15, 0.2) is 0 Å². The van der Waals surface area contributed by atoms with Crippen LogP contribution in [0, 0.1) is 0 Å². The lowest BCUT2D eigenvalue weighted by Gasteiger charge is -2.27. The fourth-order valence-corrected chi connectivity index (χ4v) is 2.88. The minimum absolute atomic E-state index is 0.364. The number of hydrogen-bond acceptors (Lipinski definition) is 3. The number of ether oxygens (including phenoxy) is 1. The van der Waals surface area contributed by atoms with Crippen molar-refractivity contribution in [3.63, 3.8) is 0 Å². The minimum atomic E-state index is 0.364. The average molecular weight is 271 g/mol. The molecule has 4 nitrogen and oxygen atoms in total. The van der Waals surface area contributed by atoms with E-state index in [1.165, 1.54) is 24.0 Å². The quantitative estimate of drug-likeness (QED) is 0.908. The predicted molar refractivity (Wildman–Crippen MR) is 79.8 cm³/mol. The Morgan fingerprint density at radius 2 is 2.30 bits per heavy atom. The Morgan fingerprint density at radius 1 is 1.40 bits per heavy atom. The van der Waals surface area contributed by atoms with Crippen molar-refractivity contribution in [3.8, 4) is 0 Å². The van der Waals surface area contributed by atoms with Crippen LogP contribution in [0.5, 0.6) is 0 Å². The molecule has 1 aromatic heterocycles. The van der Waals surface area contributed by atoms with E-state index in [2.05, 4.69) is 39.1 Å². The molecule has 0 radical (unpaired) electrons. The number of nitrogens with zero attached hydrogens (tertiary/aromatic N) is 2. The first-order chi connectivity index (χ1) is 9.88. The van der Waals surface area contributed by atoms with Gasteiger partial charge in [-0.1, -0.05) is 24.3 Å². The van der Waals surface area contributed by atoms with Crippen LogP contribution in [-0.4, -0.2) is 23.3 Å². The molecule has 106 valence electrons. The van der Waals surface area contributed by atoms with Gasteiger partial charge in [-0.2, -0.15) is 0 Å². The first-order valence-corrected chi connectivity index (χ1v) is 7.23. The lowest BCUT2D eigenvalue weighted by atomic mass is 9.88. The van der Waals surface area contributed by atoms with Crippen LogP contribution in [0.3, 0.4) is 0 Å². The molecular weight excluding hydrogens is 250 g/mol. The Labute approximate surface area is 119 Å². The molecule has 1 atom stereocenters. The maximum Gasteiger partial charge on any atom is 0.203 e. The summed E-state index contributed by atoms with van der Waals surface area (Å²) in [5.41, 5.74) is 2.88. The second kappa shape index (κ2) is 6.09. The van der Waals surface area contributed by atoms with Gasteiger partial charge in [0.05, 0.1) is 12.6 Å². The highest BCUT2D eigenvalue weighted by Gasteiger charge is 2.20. The summed E-state index contributed by atoms with van der Waals surface area (Å²) in [6.45, 7) is 1.53. The number of nitrogens with one attached hydrogen (secondary N) is 1. The third-order valence-electron chi connectivity index (χ3n) is 3.92. The van der Waals surface area contributed by atoms with Crippen molar-refractivity contribution in [2.24, 2.45) is 0 Å². The molecule has 4 heteroatoms.